The van der Waals surface area contributed by atoms with Crippen LogP contribution in [-0.2, 0) is 10.2 Å². The van der Waals surface area contributed by atoms with E-state index >= 15 is 0 Å². The van der Waals surface area contributed by atoms with Gasteiger partial charge in [0.2, 0.25) is 0 Å². The third-order valence-electron chi connectivity index (χ3n) is 3.28. The zero-order chi connectivity index (χ0) is 18.7. The third-order valence-corrected chi connectivity index (χ3v) is 3.28. The van der Waals surface area contributed by atoms with Crippen LogP contribution in [0.1, 0.15) is 52.7 Å². The lowest BCUT2D eigenvalue weighted by atomic mass is 9.86. The van der Waals surface area contributed by atoms with Crippen molar-refractivity contribution in [2.24, 2.45) is 5.84 Å². The monoisotopic (exact) mass is 340 g/mol. The molecule has 6 heteroatoms. The Bertz CT molecular complexity index is 607. The van der Waals surface area contributed by atoms with E-state index in [1.54, 1.807) is 45.0 Å². The van der Waals surface area contributed by atoms with E-state index in [1.165, 1.54) is 0 Å². The first kappa shape index (κ1) is 20.1. The maximum Gasteiger partial charge on any atom is 0.424 e. The molecule has 0 spiro atoms. The standard InChI is InChI=1S/C18H26F2N2O2/c1-17(2,3)13-9-7-12(8-10-13)14(15(19)20)11-22(21)16(23)24-18(4,5)6/h7-10H,11,21H2,1-6H3. The van der Waals surface area contributed by atoms with Crippen LogP contribution < -0.4 is 5.84 Å². The van der Waals surface area contributed by atoms with Gasteiger partial charge in [-0.25, -0.2) is 15.6 Å². The third kappa shape index (κ3) is 5.92. The summed E-state index contributed by atoms with van der Waals surface area (Å²) in [6.07, 6.45) is -2.73. The van der Waals surface area contributed by atoms with Gasteiger partial charge in [-0.2, -0.15) is 8.78 Å². The van der Waals surface area contributed by atoms with E-state index in [0.717, 1.165) is 5.56 Å². The highest BCUT2D eigenvalue weighted by Gasteiger charge is 2.23. The number of benzene rings is 1. The van der Waals surface area contributed by atoms with Gasteiger partial charge in [-0.15, -0.1) is 0 Å². The molecule has 0 fully saturated rings. The number of carbonyl (C=O) groups excluding carboxylic acids is 1. The predicted molar refractivity (Wildman–Crippen MR) is 91.4 cm³/mol. The Labute approximate surface area is 142 Å². The van der Waals surface area contributed by atoms with Gasteiger partial charge in [0, 0.05) is 5.57 Å². The second kappa shape index (κ2) is 7.30. The van der Waals surface area contributed by atoms with Gasteiger partial charge in [-0.3, -0.25) is 0 Å². The summed E-state index contributed by atoms with van der Waals surface area (Å²) in [4.78, 5) is 11.8. The van der Waals surface area contributed by atoms with Crippen molar-refractivity contribution in [2.75, 3.05) is 6.54 Å². The van der Waals surface area contributed by atoms with Crippen molar-refractivity contribution >= 4 is 11.7 Å². The van der Waals surface area contributed by atoms with Crippen molar-refractivity contribution in [3.8, 4) is 0 Å². The first-order chi connectivity index (χ1) is 10.8. The molecule has 1 rings (SSSR count). The molecule has 1 aromatic rings. The number of hydrogen-bond acceptors (Lipinski definition) is 3. The van der Waals surface area contributed by atoms with Gasteiger partial charge < -0.3 is 4.74 Å². The molecule has 0 unspecified atom stereocenters. The minimum atomic E-state index is -1.88. The fourth-order valence-corrected chi connectivity index (χ4v) is 1.99. The highest BCUT2D eigenvalue weighted by Crippen LogP contribution is 2.27. The van der Waals surface area contributed by atoms with Gasteiger partial charge >= 0.3 is 6.09 Å². The minimum absolute atomic E-state index is 0.0763. The van der Waals surface area contributed by atoms with Crippen LogP contribution in [0.3, 0.4) is 0 Å². The number of hydrogen-bond donors (Lipinski definition) is 1. The smallest absolute Gasteiger partial charge is 0.424 e. The van der Waals surface area contributed by atoms with Crippen molar-refractivity contribution in [3.05, 3.63) is 41.5 Å². The second-order valence-electron chi connectivity index (χ2n) is 7.67. The van der Waals surface area contributed by atoms with Crippen molar-refractivity contribution in [3.63, 3.8) is 0 Å². The quantitative estimate of drug-likeness (QED) is 0.493. The molecule has 0 aliphatic carbocycles. The molecule has 0 aliphatic rings. The van der Waals surface area contributed by atoms with Gasteiger partial charge in [0.05, 0.1) is 6.54 Å². The molecule has 24 heavy (non-hydrogen) atoms. The summed E-state index contributed by atoms with van der Waals surface area (Å²) in [5.41, 5.74) is 0.223. The Morgan fingerprint density at radius 2 is 1.58 bits per heavy atom. The molecular formula is C18H26F2N2O2. The maximum atomic E-state index is 13.3. The number of nitrogens with two attached hydrogens (primary N) is 1. The highest BCUT2D eigenvalue weighted by molar-refractivity contribution is 5.74. The van der Waals surface area contributed by atoms with E-state index < -0.39 is 24.3 Å². The average molecular weight is 340 g/mol. The van der Waals surface area contributed by atoms with Gasteiger partial charge in [0.25, 0.3) is 6.08 Å². The van der Waals surface area contributed by atoms with Crippen molar-refractivity contribution in [2.45, 2.75) is 52.6 Å². The van der Waals surface area contributed by atoms with Gasteiger partial charge in [-0.1, -0.05) is 45.0 Å². The summed E-state index contributed by atoms with van der Waals surface area (Å²) in [6.45, 7) is 10.7. The van der Waals surface area contributed by atoms with Gasteiger partial charge in [0.15, 0.2) is 0 Å². The number of amides is 1. The summed E-state index contributed by atoms with van der Waals surface area (Å²) in [7, 11) is 0. The summed E-state index contributed by atoms with van der Waals surface area (Å²) in [6, 6.07) is 6.81. The molecule has 134 valence electrons. The predicted octanol–water partition coefficient (Wildman–Crippen LogP) is 4.70. The van der Waals surface area contributed by atoms with E-state index in [4.69, 9.17) is 10.6 Å². The Morgan fingerprint density at radius 3 is 1.96 bits per heavy atom. The van der Waals surface area contributed by atoms with Crippen LogP contribution in [0, 0.1) is 0 Å². The van der Waals surface area contributed by atoms with Crippen LogP contribution >= 0.6 is 0 Å². The molecule has 1 amide bonds. The summed E-state index contributed by atoms with van der Waals surface area (Å²) < 4.78 is 31.7. The van der Waals surface area contributed by atoms with Crippen LogP contribution in [0.2, 0.25) is 0 Å². The molecular weight excluding hydrogens is 314 g/mol. The number of hydrazine groups is 1. The SMILES string of the molecule is CC(C)(C)OC(=O)N(N)CC(=C(F)F)c1ccc(C(C)(C)C)cc1. The first-order valence-corrected chi connectivity index (χ1v) is 7.71. The van der Waals surface area contributed by atoms with E-state index in [-0.39, 0.29) is 11.0 Å². The highest BCUT2D eigenvalue weighted by atomic mass is 19.3. The second-order valence-corrected chi connectivity index (χ2v) is 7.67. The molecule has 0 atom stereocenters. The molecule has 2 N–H and O–H groups in total. The van der Waals surface area contributed by atoms with Crippen LogP contribution in [-0.4, -0.2) is 23.2 Å². The zero-order valence-electron chi connectivity index (χ0n) is 15.1. The number of halogens is 2. The molecule has 0 aliphatic heterocycles. The maximum absolute atomic E-state index is 13.3. The zero-order valence-corrected chi connectivity index (χ0v) is 15.1. The lowest BCUT2D eigenvalue weighted by Gasteiger charge is -2.25. The number of nitrogens with zero attached hydrogens (tertiary/aromatic N) is 1. The number of rotatable bonds is 3. The molecule has 0 radical (unpaired) electrons. The van der Waals surface area contributed by atoms with Crippen molar-refractivity contribution in [1.29, 1.82) is 0 Å². The summed E-state index contributed by atoms with van der Waals surface area (Å²) in [5, 5.41) is 0.650. The molecule has 4 nitrogen and oxygen atoms in total. The Morgan fingerprint density at radius 1 is 1.08 bits per heavy atom. The lowest BCUT2D eigenvalue weighted by Crippen LogP contribution is -2.42. The number of ether oxygens (including phenoxy) is 1. The Hall–Kier alpha value is -1.95. The van der Waals surface area contributed by atoms with Crippen LogP contribution in [0.15, 0.2) is 30.3 Å². The van der Waals surface area contributed by atoms with E-state index in [1.807, 2.05) is 20.8 Å². The van der Waals surface area contributed by atoms with Crippen molar-refractivity contribution < 1.29 is 18.3 Å². The topological polar surface area (TPSA) is 55.6 Å². The summed E-state index contributed by atoms with van der Waals surface area (Å²) in [5.74, 6) is 5.59. The first-order valence-electron chi connectivity index (χ1n) is 7.71. The van der Waals surface area contributed by atoms with Crippen LogP contribution in [0.25, 0.3) is 5.57 Å². The molecule has 0 saturated carbocycles. The molecule has 0 saturated heterocycles. The van der Waals surface area contributed by atoms with Gasteiger partial charge in [-0.05, 0) is 37.3 Å². The van der Waals surface area contributed by atoms with E-state index in [0.29, 0.717) is 10.6 Å². The molecule has 0 bridgehead atoms. The Kier molecular flexibility index (Phi) is 6.11. The Balaban J connectivity index is 2.97. The molecule has 0 heterocycles. The van der Waals surface area contributed by atoms with Gasteiger partial charge in [0.1, 0.15) is 5.60 Å². The lowest BCUT2D eigenvalue weighted by molar-refractivity contribution is 0.0273. The van der Waals surface area contributed by atoms with Crippen LogP contribution in [0.5, 0.6) is 0 Å². The summed E-state index contributed by atoms with van der Waals surface area (Å²) >= 11 is 0. The number of carbonyl (C=O) groups is 1. The molecule has 0 aromatic heterocycles. The average Bonchev–Trinajstić information content (AvgIpc) is 2.41. The van der Waals surface area contributed by atoms with E-state index in [2.05, 4.69) is 0 Å². The van der Waals surface area contributed by atoms with E-state index in [9.17, 15) is 13.6 Å². The fourth-order valence-electron chi connectivity index (χ4n) is 1.99. The van der Waals surface area contributed by atoms with Crippen molar-refractivity contribution in [1.82, 2.24) is 5.01 Å². The van der Waals surface area contributed by atoms with Crippen LogP contribution in [0.4, 0.5) is 13.6 Å². The molecule has 1 aromatic carbocycles. The fraction of sp³-hybridized carbons (Fsp3) is 0.500. The minimum Gasteiger partial charge on any atom is -0.443 e. The largest absolute Gasteiger partial charge is 0.443 e. The normalized spacial score (nSPS) is 11.9.